The Morgan fingerprint density at radius 3 is 2.59 bits per heavy atom. The number of alkyl halides is 1. The zero-order valence-electron chi connectivity index (χ0n) is 20.0. The van der Waals surface area contributed by atoms with Gasteiger partial charge in [0.1, 0.15) is 12.0 Å². The Morgan fingerprint density at radius 2 is 1.84 bits per heavy atom. The van der Waals surface area contributed by atoms with E-state index in [9.17, 15) is 23.2 Å². The van der Waals surface area contributed by atoms with Crippen LogP contribution in [0, 0.1) is 17.8 Å². The molecule has 0 aromatic heterocycles. The van der Waals surface area contributed by atoms with E-state index in [-0.39, 0.29) is 29.6 Å². The largest absolute Gasteiger partial charge is 0.366 e. The third kappa shape index (κ3) is 5.07. The number of carbonyl (C=O) groups is 3. The maximum Gasteiger partial charge on any atom is 0.248 e. The number of allylic oxidation sites excluding steroid dienone is 5. The average Bonchev–Trinajstić information content (AvgIpc) is 3.03. The van der Waals surface area contributed by atoms with Gasteiger partial charge in [0.05, 0.1) is 5.70 Å². The molecule has 4 atom stereocenters. The highest BCUT2D eigenvalue weighted by molar-refractivity contribution is 6.03. The number of nitrogens with two attached hydrogens (primary N) is 1. The lowest BCUT2D eigenvalue weighted by Crippen LogP contribution is -2.25. The summed E-state index contributed by atoms with van der Waals surface area (Å²) in [5, 5.41) is 3.01. The summed E-state index contributed by atoms with van der Waals surface area (Å²) < 4.78 is 29.3. The third-order valence-corrected chi connectivity index (χ3v) is 7.20. The smallest absolute Gasteiger partial charge is 0.248 e. The van der Waals surface area contributed by atoms with Gasteiger partial charge in [-0.2, -0.15) is 0 Å². The molecule has 4 unspecified atom stereocenters. The second-order valence-electron chi connectivity index (χ2n) is 9.63. The number of halogens is 2. The minimum absolute atomic E-state index is 0.0368. The van der Waals surface area contributed by atoms with Gasteiger partial charge in [-0.05, 0) is 48.6 Å². The molecule has 7 heteroatoms. The molecule has 37 heavy (non-hydrogen) atoms. The number of Topliss-reactive ketones (excluding diaryl/α,β-unsaturated/α-hetero) is 2. The molecule has 0 saturated carbocycles. The Kier molecular flexibility index (Phi) is 6.70. The van der Waals surface area contributed by atoms with Crippen LogP contribution in [0.15, 0.2) is 96.0 Å². The van der Waals surface area contributed by atoms with Gasteiger partial charge in [0, 0.05) is 40.6 Å². The normalized spacial score (nSPS) is 24.6. The van der Waals surface area contributed by atoms with Crippen LogP contribution in [0.5, 0.6) is 0 Å². The van der Waals surface area contributed by atoms with Crippen molar-refractivity contribution in [2.24, 2.45) is 23.5 Å². The number of fused-ring (bicyclic) bond motifs is 2. The van der Waals surface area contributed by atoms with Crippen LogP contribution < -0.4 is 11.1 Å². The van der Waals surface area contributed by atoms with E-state index in [0.717, 1.165) is 11.6 Å². The lowest BCUT2D eigenvalue weighted by molar-refractivity contribution is -0.114. The first-order valence-corrected chi connectivity index (χ1v) is 12.3. The fourth-order valence-corrected chi connectivity index (χ4v) is 5.17. The van der Waals surface area contributed by atoms with Crippen molar-refractivity contribution in [3.63, 3.8) is 0 Å². The fraction of sp³-hybridized carbons (Fsp3) is 0.233. The summed E-state index contributed by atoms with van der Waals surface area (Å²) >= 11 is 0. The third-order valence-electron chi connectivity index (χ3n) is 7.20. The van der Waals surface area contributed by atoms with Crippen LogP contribution in [-0.2, 0) is 11.2 Å². The highest BCUT2D eigenvalue weighted by Gasteiger charge is 2.33. The minimum Gasteiger partial charge on any atom is -0.366 e. The molecule has 3 aliphatic carbocycles. The molecule has 5 nitrogen and oxygen atoms in total. The first kappa shape index (κ1) is 24.6. The molecule has 1 amide bonds. The lowest BCUT2D eigenvalue weighted by Gasteiger charge is -2.23. The lowest BCUT2D eigenvalue weighted by atomic mass is 9.81. The molecule has 2 aromatic carbocycles. The van der Waals surface area contributed by atoms with Crippen LogP contribution >= 0.6 is 0 Å². The maximum absolute atomic E-state index is 14.7. The summed E-state index contributed by atoms with van der Waals surface area (Å²) in [6.07, 6.45) is 7.12. The van der Waals surface area contributed by atoms with Crippen molar-refractivity contribution in [3.8, 4) is 0 Å². The molecule has 0 spiro atoms. The number of carbonyl (C=O) groups excluding carboxylic acids is 3. The van der Waals surface area contributed by atoms with Crippen molar-refractivity contribution >= 4 is 23.2 Å². The van der Waals surface area contributed by atoms with Crippen molar-refractivity contribution in [1.82, 2.24) is 0 Å². The van der Waals surface area contributed by atoms with Crippen LogP contribution in [0.4, 0.5) is 14.5 Å². The Morgan fingerprint density at radius 1 is 1.05 bits per heavy atom. The van der Waals surface area contributed by atoms with E-state index in [1.807, 2.05) is 6.08 Å². The van der Waals surface area contributed by atoms with E-state index in [2.05, 4.69) is 5.32 Å². The van der Waals surface area contributed by atoms with E-state index in [0.29, 0.717) is 35.2 Å². The molecule has 2 aromatic rings. The number of hydrogen-bond donors (Lipinski definition) is 2. The number of nitrogens with one attached hydrogen (secondary N) is 1. The van der Waals surface area contributed by atoms with Crippen LogP contribution in [0.2, 0.25) is 0 Å². The summed E-state index contributed by atoms with van der Waals surface area (Å²) in [5.74, 6) is -2.91. The highest BCUT2D eigenvalue weighted by atomic mass is 19.1. The van der Waals surface area contributed by atoms with E-state index < -0.39 is 29.7 Å². The van der Waals surface area contributed by atoms with Gasteiger partial charge in [-0.1, -0.05) is 54.6 Å². The molecule has 0 bridgehead atoms. The average molecular weight is 501 g/mol. The van der Waals surface area contributed by atoms with Gasteiger partial charge in [-0.25, -0.2) is 8.78 Å². The molecule has 0 radical (unpaired) electrons. The molecular weight excluding hydrogens is 474 g/mol. The molecule has 0 fully saturated rings. The number of benzene rings is 2. The Labute approximate surface area is 213 Å². The van der Waals surface area contributed by atoms with E-state index in [1.54, 1.807) is 60.7 Å². The number of primary amides is 1. The molecule has 0 aliphatic heterocycles. The Balaban J connectivity index is 1.36. The number of ketones is 2. The topological polar surface area (TPSA) is 89.3 Å². The number of hydrogen-bond acceptors (Lipinski definition) is 4. The van der Waals surface area contributed by atoms with Crippen molar-refractivity contribution in [1.29, 1.82) is 0 Å². The van der Waals surface area contributed by atoms with Crippen molar-refractivity contribution < 1.29 is 23.2 Å². The number of aryl methyl sites for hydroxylation is 1. The molecule has 0 saturated heterocycles. The van der Waals surface area contributed by atoms with Crippen LogP contribution in [0.1, 0.15) is 39.1 Å². The molecule has 5 rings (SSSR count). The molecule has 3 aliphatic rings. The first-order chi connectivity index (χ1) is 17.8. The van der Waals surface area contributed by atoms with E-state index >= 15 is 0 Å². The summed E-state index contributed by atoms with van der Waals surface area (Å²) in [6, 6.07) is 13.8. The Hall–Kier alpha value is -4.13. The van der Waals surface area contributed by atoms with Crippen molar-refractivity contribution in [3.05, 3.63) is 113 Å². The predicted molar refractivity (Wildman–Crippen MR) is 137 cm³/mol. The van der Waals surface area contributed by atoms with Gasteiger partial charge < -0.3 is 11.1 Å². The summed E-state index contributed by atoms with van der Waals surface area (Å²) in [4.78, 5) is 37.5. The van der Waals surface area contributed by atoms with Gasteiger partial charge in [-0.15, -0.1) is 0 Å². The monoisotopic (exact) mass is 500 g/mol. The molecular formula is C30H26F2N2O3. The molecule has 3 N–H and O–H groups in total. The predicted octanol–water partition coefficient (Wildman–Crippen LogP) is 5.42. The Bertz CT molecular complexity index is 1390. The second-order valence-corrected chi connectivity index (χ2v) is 9.63. The first-order valence-electron chi connectivity index (χ1n) is 12.3. The van der Waals surface area contributed by atoms with Crippen LogP contribution in [0.25, 0.3) is 0 Å². The minimum atomic E-state index is -1.61. The van der Waals surface area contributed by atoms with E-state index in [4.69, 9.17) is 5.73 Å². The van der Waals surface area contributed by atoms with E-state index in [1.165, 1.54) is 6.08 Å². The molecule has 188 valence electrons. The number of amides is 1. The zero-order valence-corrected chi connectivity index (χ0v) is 20.0. The van der Waals surface area contributed by atoms with Gasteiger partial charge >= 0.3 is 0 Å². The number of anilines is 1. The van der Waals surface area contributed by atoms with Gasteiger partial charge in [-0.3, -0.25) is 14.4 Å². The van der Waals surface area contributed by atoms with Crippen LogP contribution in [-0.4, -0.2) is 23.6 Å². The quantitative estimate of drug-likeness (QED) is 0.519. The second kappa shape index (κ2) is 10.1. The van der Waals surface area contributed by atoms with Crippen molar-refractivity contribution in [2.75, 3.05) is 5.32 Å². The standard InChI is InChI=1S/C30H26F2N2O3/c31-25-16-26(32)27(14-21(25)15-28(35)18-4-2-1-3-5-18)34-22-10-11-23-19(12-22)8-6-17-7-9-20(30(33)37)13-24(17)29(23)36/h1-5,7,9-14,16-17,21,24-25,34H,6,8,15H2,(H2,33,37). The SMILES string of the molecule is NC(=O)C1=CC2C(=O)c3ccc(NC4=CC(CC(=O)c5ccccc5)C(F)C=C4F)cc3CCC2C=C1. The van der Waals surface area contributed by atoms with Gasteiger partial charge in [0.15, 0.2) is 11.6 Å². The van der Waals surface area contributed by atoms with Crippen molar-refractivity contribution in [2.45, 2.75) is 25.4 Å². The number of rotatable bonds is 6. The zero-order chi connectivity index (χ0) is 26.1. The molecule has 0 heterocycles. The van der Waals surface area contributed by atoms with Gasteiger partial charge in [0.25, 0.3) is 0 Å². The summed E-state index contributed by atoms with van der Waals surface area (Å²) in [6.45, 7) is 0. The summed E-state index contributed by atoms with van der Waals surface area (Å²) in [7, 11) is 0. The maximum atomic E-state index is 14.7. The van der Waals surface area contributed by atoms with Crippen LogP contribution in [0.3, 0.4) is 0 Å². The van der Waals surface area contributed by atoms with Gasteiger partial charge in [0.2, 0.25) is 5.91 Å². The fourth-order valence-electron chi connectivity index (χ4n) is 5.17. The summed E-state index contributed by atoms with van der Waals surface area (Å²) in [5.41, 5.74) is 8.22. The highest BCUT2D eigenvalue weighted by Crippen LogP contribution is 2.36.